The van der Waals surface area contributed by atoms with Gasteiger partial charge in [0.1, 0.15) is 0 Å². The van der Waals surface area contributed by atoms with Gasteiger partial charge in [-0.3, -0.25) is 0 Å². The van der Waals surface area contributed by atoms with E-state index in [9.17, 15) is 0 Å². The highest BCUT2D eigenvalue weighted by Crippen LogP contribution is 1.74. The predicted molar refractivity (Wildman–Crippen MR) is 24.4 cm³/mol. The molecule has 3 N–H and O–H groups in total. The first-order valence-electron chi connectivity index (χ1n) is 0.740. The van der Waals surface area contributed by atoms with Gasteiger partial charge in [-0.15, -0.1) is 10.1 Å². The van der Waals surface area contributed by atoms with Crippen LogP contribution in [0.3, 0.4) is 0 Å². The fourth-order valence-corrected chi connectivity index (χ4v) is 0. The van der Waals surface area contributed by atoms with Crippen molar-refractivity contribution >= 4 is 18.4 Å². The van der Waals surface area contributed by atoms with E-state index in [-0.39, 0.29) is 5.48 Å². The van der Waals surface area contributed by atoms with E-state index in [1.54, 1.807) is 0 Å². The molecule has 0 aliphatic heterocycles. The maximum atomic E-state index is 4.82. The smallest absolute Gasteiger partial charge is 0.216 e. The van der Waals surface area contributed by atoms with Gasteiger partial charge >= 0.3 is 0 Å². The summed E-state index contributed by atoms with van der Waals surface area (Å²) in [5.41, 5.74) is 0. The third-order valence-corrected chi connectivity index (χ3v) is 0. The van der Waals surface area contributed by atoms with Crippen LogP contribution in [0.2, 0.25) is 0 Å². The summed E-state index contributed by atoms with van der Waals surface area (Å²) in [7, 11) is 5.07. The summed E-state index contributed by atoms with van der Waals surface area (Å²) in [5.74, 6) is 4.82. The van der Waals surface area contributed by atoms with Crippen molar-refractivity contribution in [2.75, 3.05) is 0 Å². The predicted octanol–water partition coefficient (Wildman–Crippen LogP) is -0.188. The molecule has 0 amide bonds. The van der Waals surface area contributed by atoms with Gasteiger partial charge in [-0.05, 0) is 0 Å². The van der Waals surface area contributed by atoms with Crippen LogP contribution >= 0.6 is 18.4 Å². The largest absolute Gasteiger partial charge is 0.870 e. The molecule has 0 saturated carbocycles. The Morgan fingerprint density at radius 1 is 1.80 bits per heavy atom. The average molecular weight is 112 g/mol. The molecule has 0 aromatic carbocycles. The van der Waals surface area contributed by atoms with Crippen LogP contribution in [0.25, 0.3) is 0 Å². The van der Waals surface area contributed by atoms with Crippen molar-refractivity contribution in [3.05, 3.63) is 0 Å². The highest BCUT2D eigenvalue weighted by Gasteiger charge is 1.57. The van der Waals surface area contributed by atoms with Gasteiger partial charge in [-0.25, -0.2) is 0 Å². The molecular weight excluding hydrogens is 106 g/mol. The number of hydrogen-bond donors (Lipinski definition) is 1. The Morgan fingerprint density at radius 3 is 1.80 bits per heavy atom. The zero-order valence-corrected chi connectivity index (χ0v) is 4.70. The van der Waals surface area contributed by atoms with Crippen LogP contribution in [0.5, 0.6) is 0 Å². The molecule has 32 valence electrons. The summed E-state index contributed by atoms with van der Waals surface area (Å²) in [5, 5.41) is 0. The second-order valence-electron chi connectivity index (χ2n) is 0.407. The van der Waals surface area contributed by atoms with E-state index in [0.717, 1.165) is 0 Å². The van der Waals surface area contributed by atoms with Gasteiger partial charge in [-0.2, -0.15) is 0 Å². The first-order chi connectivity index (χ1) is 1.73. The molecule has 5 heavy (non-hydrogen) atoms. The van der Waals surface area contributed by atoms with Gasteiger partial charge in [-0.1, -0.05) is 0 Å². The highest BCUT2D eigenvalue weighted by molar-refractivity contribution is 7.15. The molecule has 0 aromatic rings. The molecule has 0 fully saturated rings. The minimum atomic E-state index is 0. The first-order valence-corrected chi connectivity index (χ1v) is 1.70. The quantitative estimate of drug-likeness (QED) is 0.268. The monoisotopic (exact) mass is 112 g/mol. The van der Waals surface area contributed by atoms with Crippen molar-refractivity contribution in [2.45, 2.75) is 0 Å². The molecule has 1 unspecified atom stereocenters. The maximum Gasteiger partial charge on any atom is 0.216 e. The van der Waals surface area contributed by atoms with Gasteiger partial charge in [0, 0.05) is 0 Å². The summed E-state index contributed by atoms with van der Waals surface area (Å²) in [6, 6.07) is 0. The fraction of sp³-hybridized carbons (Fsp3) is 0. The van der Waals surface area contributed by atoms with E-state index in [1.165, 1.54) is 4.21 Å². The molecule has 0 radical (unpaired) electrons. The second-order valence-corrected chi connectivity index (χ2v) is 2.00. The van der Waals surface area contributed by atoms with Crippen LogP contribution in [0.1, 0.15) is 0 Å². The SMILES string of the molecule is N[N+](=P)P.[OH-]. The van der Waals surface area contributed by atoms with Crippen molar-refractivity contribution in [1.82, 2.24) is 0 Å². The van der Waals surface area contributed by atoms with Crippen LogP contribution < -0.4 is 5.84 Å². The van der Waals surface area contributed by atoms with Gasteiger partial charge in [0.05, 0.1) is 0 Å². The van der Waals surface area contributed by atoms with Crippen molar-refractivity contribution < 1.29 is 9.68 Å². The van der Waals surface area contributed by atoms with E-state index in [2.05, 4.69) is 18.4 Å². The van der Waals surface area contributed by atoms with Crippen molar-refractivity contribution in [2.24, 2.45) is 5.84 Å². The number of hydrogen-bond acceptors (Lipinski definition) is 1. The molecule has 0 aliphatic rings. The van der Waals surface area contributed by atoms with Crippen molar-refractivity contribution in [3.8, 4) is 0 Å². The molecule has 1 atom stereocenters. The molecule has 5 heteroatoms. The van der Waals surface area contributed by atoms with E-state index < -0.39 is 0 Å². The van der Waals surface area contributed by atoms with Crippen LogP contribution in [0.4, 0.5) is 0 Å². The van der Waals surface area contributed by atoms with Crippen LogP contribution in [0, 0.1) is 0 Å². The molecule has 0 bridgehead atoms. The van der Waals surface area contributed by atoms with Gasteiger partial charge in [0.2, 0.25) is 9.03 Å². The molecule has 0 saturated heterocycles. The number of hydrazine groups is 1. The minimum Gasteiger partial charge on any atom is -0.870 e. The van der Waals surface area contributed by atoms with E-state index >= 15 is 0 Å². The van der Waals surface area contributed by atoms with Gasteiger partial charge in [0.25, 0.3) is 0 Å². The third kappa shape index (κ3) is 132. The Balaban J connectivity index is 0. The summed E-state index contributed by atoms with van der Waals surface area (Å²) < 4.78 is 1.22. The number of rotatable bonds is 0. The third-order valence-electron chi connectivity index (χ3n) is 0. The fourth-order valence-electron chi connectivity index (χ4n) is 0. The lowest BCUT2D eigenvalue weighted by molar-refractivity contribution is -0.332. The van der Waals surface area contributed by atoms with E-state index in [4.69, 9.17) is 5.84 Å². The lowest BCUT2D eigenvalue weighted by Crippen LogP contribution is -1.95. The van der Waals surface area contributed by atoms with Crippen molar-refractivity contribution in [3.63, 3.8) is 0 Å². The molecule has 0 aromatic heterocycles. The molecular formula is H6N2OP2. The summed E-state index contributed by atoms with van der Waals surface area (Å²) >= 11 is 0. The van der Waals surface area contributed by atoms with Crippen LogP contribution in [0.15, 0.2) is 0 Å². The maximum absolute atomic E-state index is 4.82. The van der Waals surface area contributed by atoms with Crippen molar-refractivity contribution in [1.29, 1.82) is 0 Å². The molecule has 0 aliphatic carbocycles. The summed E-state index contributed by atoms with van der Waals surface area (Å²) in [6.07, 6.45) is 0. The lowest BCUT2D eigenvalue weighted by Gasteiger charge is -1.61. The Hall–Kier alpha value is 0.450. The normalized spacial score (nSPS) is 5.20. The highest BCUT2D eigenvalue weighted by atomic mass is 31.1. The summed E-state index contributed by atoms with van der Waals surface area (Å²) in [6.45, 7) is 0. The zero-order valence-electron chi connectivity index (χ0n) is 2.55. The average Bonchev–Trinajstić information content (AvgIpc) is 0.811. The van der Waals surface area contributed by atoms with Gasteiger partial charge in [0.15, 0.2) is 9.39 Å². The minimum absolute atomic E-state index is 0. The Kier molecular flexibility index (Phi) is 8.07. The zero-order chi connectivity index (χ0) is 3.58. The van der Waals surface area contributed by atoms with E-state index in [0.29, 0.717) is 0 Å². The standard InChI is InChI=1S/H5N2P2.H2O/c1-2(3)4;/h3H,1,4H2;1H2/q+1;/p-1. The Morgan fingerprint density at radius 2 is 1.80 bits per heavy atom. The Labute approximate surface area is 35.0 Å². The Bertz CT molecular complexity index is 30.6. The lowest BCUT2D eigenvalue weighted by atomic mass is 13.0. The first kappa shape index (κ1) is 9.07. The molecule has 0 rings (SSSR count). The molecule has 0 heterocycles. The molecule has 0 spiro atoms. The second kappa shape index (κ2) is 4.45. The van der Waals surface area contributed by atoms with Crippen LogP contribution in [-0.2, 0) is 0 Å². The number of nitrogens with zero attached hydrogens (tertiary/aromatic N) is 1. The van der Waals surface area contributed by atoms with Gasteiger partial charge < -0.3 is 5.48 Å². The van der Waals surface area contributed by atoms with Crippen LogP contribution in [-0.4, -0.2) is 9.68 Å². The summed E-state index contributed by atoms with van der Waals surface area (Å²) in [4.78, 5) is 0. The molecule has 3 nitrogen and oxygen atoms in total. The topological polar surface area (TPSA) is 59.0 Å². The number of nitrogens with two attached hydrogens (primary N) is 1. The van der Waals surface area contributed by atoms with E-state index in [1.807, 2.05) is 0 Å².